The predicted molar refractivity (Wildman–Crippen MR) is 84.4 cm³/mol. The molecule has 0 N–H and O–H groups in total. The molecule has 0 aliphatic heterocycles. The number of aromatic nitrogens is 2. The third-order valence-corrected chi connectivity index (χ3v) is 4.59. The topological polar surface area (TPSA) is 110 Å². The van der Waals surface area contributed by atoms with Gasteiger partial charge in [0.1, 0.15) is 17.4 Å². The second-order valence-corrected chi connectivity index (χ2v) is 6.78. The molecule has 1 aromatic heterocycles. The summed E-state index contributed by atoms with van der Waals surface area (Å²) >= 11 is 0. The van der Waals surface area contributed by atoms with E-state index >= 15 is 0 Å². The summed E-state index contributed by atoms with van der Waals surface area (Å²) in [6.07, 6.45) is 0. The fourth-order valence-corrected chi connectivity index (χ4v) is 3.56. The van der Waals surface area contributed by atoms with Crippen LogP contribution in [0.3, 0.4) is 0 Å². The molecule has 0 aliphatic rings. The number of rotatable bonds is 6. The van der Waals surface area contributed by atoms with Crippen molar-refractivity contribution in [2.45, 2.75) is 31.3 Å². The lowest BCUT2D eigenvalue weighted by Crippen LogP contribution is -2.16. The van der Waals surface area contributed by atoms with E-state index in [2.05, 4.69) is 15.0 Å². The van der Waals surface area contributed by atoms with E-state index < -0.39 is 15.9 Å². The monoisotopic (exact) mass is 353 g/mol. The molecule has 0 spiro atoms. The SMILES string of the molecule is CC(C)c1nc(CN=[N+]=[N-])n(C)c1S(=O)(=O)Oc1cccc(F)c1. The number of hydrogen-bond acceptors (Lipinski definition) is 5. The Balaban J connectivity index is 2.52. The van der Waals surface area contributed by atoms with E-state index in [1.54, 1.807) is 13.8 Å². The van der Waals surface area contributed by atoms with E-state index in [1.807, 2.05) is 0 Å². The zero-order chi connectivity index (χ0) is 17.9. The summed E-state index contributed by atoms with van der Waals surface area (Å²) in [6.45, 7) is 3.46. The maximum absolute atomic E-state index is 13.2. The van der Waals surface area contributed by atoms with Crippen molar-refractivity contribution in [2.24, 2.45) is 12.2 Å². The van der Waals surface area contributed by atoms with Gasteiger partial charge < -0.3 is 8.75 Å². The van der Waals surface area contributed by atoms with Gasteiger partial charge in [0, 0.05) is 18.0 Å². The molecule has 0 radical (unpaired) electrons. The van der Waals surface area contributed by atoms with Gasteiger partial charge >= 0.3 is 10.1 Å². The predicted octanol–water partition coefficient (Wildman–Crippen LogP) is 3.26. The van der Waals surface area contributed by atoms with Crippen LogP contribution in [0, 0.1) is 5.82 Å². The largest absolute Gasteiger partial charge is 0.378 e. The average molecular weight is 353 g/mol. The normalized spacial score (nSPS) is 11.4. The maximum atomic E-state index is 13.2. The summed E-state index contributed by atoms with van der Waals surface area (Å²) in [6, 6.07) is 4.84. The third-order valence-electron chi connectivity index (χ3n) is 3.22. The highest BCUT2D eigenvalue weighted by atomic mass is 32.2. The molecule has 0 saturated carbocycles. The van der Waals surface area contributed by atoms with E-state index in [-0.39, 0.29) is 34.8 Å². The van der Waals surface area contributed by atoms with Crippen LogP contribution in [0.2, 0.25) is 0 Å². The molecule has 0 atom stereocenters. The molecule has 0 bridgehead atoms. The van der Waals surface area contributed by atoms with Crippen LogP contribution >= 0.6 is 0 Å². The van der Waals surface area contributed by atoms with Gasteiger partial charge in [-0.3, -0.25) is 0 Å². The van der Waals surface area contributed by atoms with Crippen LogP contribution in [0.25, 0.3) is 10.4 Å². The first-order chi connectivity index (χ1) is 11.3. The number of halogens is 1. The highest BCUT2D eigenvalue weighted by Gasteiger charge is 2.29. The Hall–Kier alpha value is -2.58. The van der Waals surface area contributed by atoms with Crippen molar-refractivity contribution in [3.8, 4) is 5.75 Å². The highest BCUT2D eigenvalue weighted by molar-refractivity contribution is 7.87. The summed E-state index contributed by atoms with van der Waals surface area (Å²) in [4.78, 5) is 6.88. The summed E-state index contributed by atoms with van der Waals surface area (Å²) in [7, 11) is -2.75. The summed E-state index contributed by atoms with van der Waals surface area (Å²) < 4.78 is 44.8. The van der Waals surface area contributed by atoms with Crippen molar-refractivity contribution in [1.82, 2.24) is 9.55 Å². The first-order valence-electron chi connectivity index (χ1n) is 7.02. The van der Waals surface area contributed by atoms with Gasteiger partial charge in [-0.05, 0) is 23.6 Å². The quantitative estimate of drug-likeness (QED) is 0.343. The van der Waals surface area contributed by atoms with E-state index in [0.29, 0.717) is 0 Å². The van der Waals surface area contributed by atoms with E-state index in [9.17, 15) is 12.8 Å². The Kier molecular flexibility index (Phi) is 5.10. The van der Waals surface area contributed by atoms with Crippen molar-refractivity contribution in [1.29, 1.82) is 0 Å². The first kappa shape index (κ1) is 17.8. The fourth-order valence-electron chi connectivity index (χ4n) is 2.14. The van der Waals surface area contributed by atoms with Crippen LogP contribution < -0.4 is 4.18 Å². The van der Waals surface area contributed by atoms with Crippen molar-refractivity contribution in [3.05, 3.63) is 52.0 Å². The van der Waals surface area contributed by atoms with Gasteiger partial charge in [0.25, 0.3) is 0 Å². The lowest BCUT2D eigenvalue weighted by Gasteiger charge is -2.11. The van der Waals surface area contributed by atoms with Crippen LogP contribution in [-0.4, -0.2) is 18.0 Å². The molecule has 8 nitrogen and oxygen atoms in total. The molecule has 128 valence electrons. The van der Waals surface area contributed by atoms with E-state index in [0.717, 1.165) is 6.07 Å². The maximum Gasteiger partial charge on any atom is 0.356 e. The lowest BCUT2D eigenvalue weighted by molar-refractivity contribution is 0.471. The third kappa shape index (κ3) is 3.66. The minimum Gasteiger partial charge on any atom is -0.378 e. The van der Waals surface area contributed by atoms with Crippen LogP contribution in [0.1, 0.15) is 31.3 Å². The van der Waals surface area contributed by atoms with Gasteiger partial charge in [0.2, 0.25) is 0 Å². The minimum atomic E-state index is -4.24. The van der Waals surface area contributed by atoms with Crippen molar-refractivity contribution >= 4 is 10.1 Å². The molecule has 0 aliphatic carbocycles. The number of imidazole rings is 1. The van der Waals surface area contributed by atoms with E-state index in [4.69, 9.17) is 9.71 Å². The van der Waals surface area contributed by atoms with Gasteiger partial charge in [0.15, 0.2) is 5.03 Å². The summed E-state index contributed by atoms with van der Waals surface area (Å²) in [5.74, 6) is -0.668. The molecule has 0 unspecified atom stereocenters. The Morgan fingerprint density at radius 2 is 2.17 bits per heavy atom. The van der Waals surface area contributed by atoms with Crippen molar-refractivity contribution in [3.63, 3.8) is 0 Å². The fraction of sp³-hybridized carbons (Fsp3) is 0.357. The summed E-state index contributed by atoms with van der Waals surface area (Å²) in [5, 5.41) is 3.26. The molecule has 24 heavy (non-hydrogen) atoms. The second kappa shape index (κ2) is 6.90. The molecule has 0 saturated heterocycles. The highest BCUT2D eigenvalue weighted by Crippen LogP contribution is 2.27. The van der Waals surface area contributed by atoms with Crippen LogP contribution in [-0.2, 0) is 23.7 Å². The molecule has 1 heterocycles. The number of azide groups is 1. The molecule has 2 rings (SSSR count). The molecular formula is C14H16FN5O3S. The van der Waals surface area contributed by atoms with Crippen LogP contribution in [0.15, 0.2) is 34.4 Å². The van der Waals surface area contributed by atoms with Crippen LogP contribution in [0.4, 0.5) is 4.39 Å². The molecule has 10 heteroatoms. The van der Waals surface area contributed by atoms with Gasteiger partial charge in [0.05, 0.1) is 12.2 Å². The zero-order valence-electron chi connectivity index (χ0n) is 13.3. The first-order valence-corrected chi connectivity index (χ1v) is 8.43. The number of benzene rings is 1. The Morgan fingerprint density at radius 3 is 2.75 bits per heavy atom. The summed E-state index contributed by atoms with van der Waals surface area (Å²) in [5.41, 5.74) is 8.72. The minimum absolute atomic E-state index is 0.0950. The second-order valence-electron chi connectivity index (χ2n) is 5.32. The smallest absolute Gasteiger partial charge is 0.356 e. The Morgan fingerprint density at radius 1 is 1.46 bits per heavy atom. The standard InChI is InChI=1S/C14H16FN5O3S/c1-9(2)13-14(20(3)12(18-13)8-17-19-16)24(21,22)23-11-6-4-5-10(15)7-11/h4-7,9H,8H2,1-3H3. The molecular weight excluding hydrogens is 337 g/mol. The van der Waals surface area contributed by atoms with E-state index in [1.165, 1.54) is 29.8 Å². The van der Waals surface area contributed by atoms with Gasteiger partial charge in [-0.2, -0.15) is 8.42 Å². The van der Waals surface area contributed by atoms with Crippen LogP contribution in [0.5, 0.6) is 5.75 Å². The Labute approximate surface area is 138 Å². The van der Waals surface area contributed by atoms with Gasteiger partial charge in [-0.1, -0.05) is 25.0 Å². The molecule has 2 aromatic rings. The molecule has 1 aromatic carbocycles. The number of hydrogen-bond donors (Lipinski definition) is 0. The Bertz CT molecular complexity index is 901. The van der Waals surface area contributed by atoms with Crippen molar-refractivity contribution in [2.75, 3.05) is 0 Å². The molecule has 0 fully saturated rings. The zero-order valence-corrected chi connectivity index (χ0v) is 14.2. The van der Waals surface area contributed by atoms with Crippen molar-refractivity contribution < 1.29 is 17.0 Å². The van der Waals surface area contributed by atoms with Gasteiger partial charge in [-0.25, -0.2) is 9.37 Å². The molecule has 0 amide bonds. The van der Waals surface area contributed by atoms with Gasteiger partial charge in [-0.15, -0.1) is 0 Å². The average Bonchev–Trinajstić information content (AvgIpc) is 2.82. The number of nitrogens with zero attached hydrogens (tertiary/aromatic N) is 5. The lowest BCUT2D eigenvalue weighted by atomic mass is 10.2.